The predicted molar refractivity (Wildman–Crippen MR) is 43.8 cm³/mol. The Morgan fingerprint density at radius 3 is 3.00 bits per heavy atom. The molecule has 0 aromatic heterocycles. The van der Waals surface area contributed by atoms with Gasteiger partial charge < -0.3 is 0 Å². The summed E-state index contributed by atoms with van der Waals surface area (Å²) in [5, 5.41) is 0.259. The van der Waals surface area contributed by atoms with Gasteiger partial charge in [-0.25, -0.2) is 0 Å². The van der Waals surface area contributed by atoms with E-state index in [0.717, 1.165) is 0 Å². The number of hydrogen-bond donors (Lipinski definition) is 0. The first-order valence-electron chi connectivity index (χ1n) is 3.08. The van der Waals surface area contributed by atoms with Crippen LogP contribution in [0.5, 0.6) is 0 Å². The molecule has 0 aromatic carbocycles. The average Bonchev–Trinajstić information content (AvgIpc) is 2.15. The highest BCUT2D eigenvalue weighted by atomic mass is 32.2. The van der Waals surface area contributed by atoms with Crippen molar-refractivity contribution >= 4 is 28.6 Å². The second-order valence-electron chi connectivity index (χ2n) is 2.05. The van der Waals surface area contributed by atoms with Gasteiger partial charge in [-0.1, -0.05) is 11.8 Å². The van der Waals surface area contributed by atoms with Crippen LogP contribution in [-0.2, 0) is 4.79 Å². The molecule has 0 N–H and O–H groups in total. The smallest absolute Gasteiger partial charge is 0.186 e. The lowest BCUT2D eigenvalue weighted by molar-refractivity contribution is -0.109. The molecular weight excluding hydrogens is 152 g/mol. The third kappa shape index (κ3) is 2.63. The van der Waals surface area contributed by atoms with Crippen LogP contribution in [0.1, 0.15) is 19.8 Å². The largest absolute Gasteiger partial charge is 0.288 e. The van der Waals surface area contributed by atoms with Crippen LogP contribution < -0.4 is 0 Å². The van der Waals surface area contributed by atoms with Crippen LogP contribution in [0, 0.1) is 0 Å². The Balaban J connectivity index is 2.19. The highest BCUT2D eigenvalue weighted by Crippen LogP contribution is 2.34. The molecule has 0 aromatic rings. The molecule has 1 aliphatic heterocycles. The molecule has 1 atom stereocenters. The van der Waals surface area contributed by atoms with Crippen molar-refractivity contribution in [3.05, 3.63) is 0 Å². The van der Waals surface area contributed by atoms with E-state index in [1.54, 1.807) is 6.92 Å². The molecule has 1 unspecified atom stereocenters. The minimum atomic E-state index is 0.259. The second kappa shape index (κ2) is 3.52. The third-order valence-corrected chi connectivity index (χ3v) is 3.84. The number of hydrogen-bond acceptors (Lipinski definition) is 3. The van der Waals surface area contributed by atoms with E-state index in [1.807, 2.05) is 11.8 Å². The van der Waals surface area contributed by atoms with Gasteiger partial charge in [0.05, 0.1) is 4.58 Å². The van der Waals surface area contributed by atoms with E-state index in [9.17, 15) is 4.79 Å². The monoisotopic (exact) mass is 162 g/mol. The summed E-state index contributed by atoms with van der Waals surface area (Å²) in [4.78, 5) is 10.5. The van der Waals surface area contributed by atoms with Crippen LogP contribution in [-0.4, -0.2) is 15.5 Å². The van der Waals surface area contributed by atoms with Gasteiger partial charge in [-0.15, -0.1) is 11.8 Å². The lowest BCUT2D eigenvalue weighted by Crippen LogP contribution is -1.93. The minimum absolute atomic E-state index is 0.259. The Bertz CT molecular complexity index is 108. The van der Waals surface area contributed by atoms with Crippen LogP contribution in [0.2, 0.25) is 0 Å². The lowest BCUT2D eigenvalue weighted by Gasteiger charge is -2.01. The zero-order chi connectivity index (χ0) is 6.69. The Morgan fingerprint density at radius 1 is 1.78 bits per heavy atom. The highest BCUT2D eigenvalue weighted by molar-refractivity contribution is 8.24. The van der Waals surface area contributed by atoms with Crippen LogP contribution in [0.4, 0.5) is 0 Å². The van der Waals surface area contributed by atoms with Crippen LogP contribution in [0.15, 0.2) is 0 Å². The van der Waals surface area contributed by atoms with Gasteiger partial charge in [0.25, 0.3) is 0 Å². The van der Waals surface area contributed by atoms with Crippen molar-refractivity contribution in [1.29, 1.82) is 0 Å². The first-order chi connectivity index (χ1) is 4.29. The maximum atomic E-state index is 10.5. The molecule has 1 fully saturated rings. The van der Waals surface area contributed by atoms with Crippen molar-refractivity contribution in [3.8, 4) is 0 Å². The quantitative estimate of drug-likeness (QED) is 0.588. The topological polar surface area (TPSA) is 17.1 Å². The molecule has 1 aliphatic rings. The molecule has 0 bridgehead atoms. The number of thioether (sulfide) groups is 2. The molecule has 1 nitrogen and oxygen atoms in total. The fraction of sp³-hybridized carbons (Fsp3) is 0.833. The van der Waals surface area contributed by atoms with Crippen LogP contribution >= 0.6 is 23.5 Å². The van der Waals surface area contributed by atoms with E-state index in [-0.39, 0.29) is 5.12 Å². The van der Waals surface area contributed by atoms with Crippen molar-refractivity contribution in [2.45, 2.75) is 24.3 Å². The SMILES string of the molecule is CC(=O)SC1CCCS1. The standard InChI is InChI=1S/C6H10OS2/c1-5(7)9-6-3-2-4-8-6/h6H,2-4H2,1H3. The predicted octanol–water partition coefficient (Wildman–Crippen LogP) is 2.12. The van der Waals surface area contributed by atoms with Gasteiger partial charge in [0.1, 0.15) is 0 Å². The van der Waals surface area contributed by atoms with Gasteiger partial charge in [-0.05, 0) is 18.6 Å². The number of carbonyl (C=O) groups is 1. The fourth-order valence-electron chi connectivity index (χ4n) is 0.826. The Kier molecular flexibility index (Phi) is 2.92. The van der Waals surface area contributed by atoms with Crippen molar-refractivity contribution in [3.63, 3.8) is 0 Å². The number of carbonyl (C=O) groups excluding carboxylic acids is 1. The van der Waals surface area contributed by atoms with Gasteiger partial charge in [0.2, 0.25) is 0 Å². The molecule has 52 valence electrons. The molecule has 0 aliphatic carbocycles. The highest BCUT2D eigenvalue weighted by Gasteiger charge is 2.17. The molecule has 9 heavy (non-hydrogen) atoms. The van der Waals surface area contributed by atoms with E-state index < -0.39 is 0 Å². The number of rotatable bonds is 1. The molecule has 0 radical (unpaired) electrons. The van der Waals surface area contributed by atoms with Crippen LogP contribution in [0.25, 0.3) is 0 Å². The van der Waals surface area contributed by atoms with Crippen LogP contribution in [0.3, 0.4) is 0 Å². The summed E-state index contributed by atoms with van der Waals surface area (Å²) < 4.78 is 0.572. The Morgan fingerprint density at radius 2 is 2.56 bits per heavy atom. The molecule has 0 amide bonds. The summed E-state index contributed by atoms with van der Waals surface area (Å²) >= 11 is 3.40. The fourth-order valence-corrected chi connectivity index (χ4v) is 3.38. The molecule has 0 saturated carbocycles. The summed E-state index contributed by atoms with van der Waals surface area (Å²) in [5.41, 5.74) is 0. The van der Waals surface area contributed by atoms with Gasteiger partial charge in [-0.2, -0.15) is 0 Å². The average molecular weight is 162 g/mol. The summed E-state index contributed by atoms with van der Waals surface area (Å²) in [6, 6.07) is 0. The molecular formula is C6H10OS2. The summed E-state index contributed by atoms with van der Waals surface area (Å²) in [6.45, 7) is 1.64. The molecule has 3 heteroatoms. The lowest BCUT2D eigenvalue weighted by atomic mass is 10.4. The molecule has 1 heterocycles. The Hall–Kier alpha value is 0.370. The molecule has 1 saturated heterocycles. The van der Waals surface area contributed by atoms with E-state index in [1.165, 1.54) is 30.4 Å². The minimum Gasteiger partial charge on any atom is -0.288 e. The summed E-state index contributed by atoms with van der Waals surface area (Å²) in [7, 11) is 0. The molecule has 1 rings (SSSR count). The zero-order valence-corrected chi connectivity index (χ0v) is 7.06. The van der Waals surface area contributed by atoms with Gasteiger partial charge in [-0.3, -0.25) is 4.79 Å². The van der Waals surface area contributed by atoms with Crippen molar-refractivity contribution < 1.29 is 4.79 Å². The van der Waals surface area contributed by atoms with Gasteiger partial charge in [0.15, 0.2) is 5.12 Å². The second-order valence-corrected chi connectivity index (χ2v) is 5.04. The normalized spacial score (nSPS) is 26.6. The van der Waals surface area contributed by atoms with Crippen molar-refractivity contribution in [2.24, 2.45) is 0 Å². The third-order valence-electron chi connectivity index (χ3n) is 1.19. The van der Waals surface area contributed by atoms with E-state index in [4.69, 9.17) is 0 Å². The van der Waals surface area contributed by atoms with E-state index >= 15 is 0 Å². The van der Waals surface area contributed by atoms with Crippen molar-refractivity contribution in [1.82, 2.24) is 0 Å². The Labute approximate surface area is 64.0 Å². The van der Waals surface area contributed by atoms with Crippen molar-refractivity contribution in [2.75, 3.05) is 5.75 Å². The zero-order valence-electron chi connectivity index (χ0n) is 5.42. The van der Waals surface area contributed by atoms with Gasteiger partial charge in [0, 0.05) is 6.92 Å². The summed E-state index contributed by atoms with van der Waals surface area (Å²) in [6.07, 6.45) is 2.50. The van der Waals surface area contributed by atoms with Gasteiger partial charge >= 0.3 is 0 Å². The first kappa shape index (κ1) is 7.48. The van der Waals surface area contributed by atoms with E-state index in [2.05, 4.69) is 0 Å². The first-order valence-corrected chi connectivity index (χ1v) is 5.00. The summed E-state index contributed by atoms with van der Waals surface area (Å²) in [5.74, 6) is 1.24. The van der Waals surface area contributed by atoms with E-state index in [0.29, 0.717) is 4.58 Å². The maximum Gasteiger partial charge on any atom is 0.186 e. The maximum absolute atomic E-state index is 10.5. The molecule has 0 spiro atoms.